The van der Waals surface area contributed by atoms with Crippen molar-refractivity contribution >= 4 is 28.6 Å². The highest BCUT2D eigenvalue weighted by Gasteiger charge is 2.25. The zero-order chi connectivity index (χ0) is 19.9. The van der Waals surface area contributed by atoms with Crippen LogP contribution in [0.4, 0.5) is 0 Å². The van der Waals surface area contributed by atoms with Gasteiger partial charge in [0, 0.05) is 17.1 Å². The van der Waals surface area contributed by atoms with Crippen LogP contribution in [-0.2, 0) is 4.79 Å². The molecule has 0 saturated heterocycles. The number of aliphatic hydroxyl groups is 1. The molecular formula is C21H22N2O3S. The molecule has 0 aliphatic rings. The fourth-order valence-electron chi connectivity index (χ4n) is 2.44. The molecule has 140 valence electrons. The molecule has 0 spiro atoms. The van der Waals surface area contributed by atoms with Crippen LogP contribution in [0.1, 0.15) is 26.3 Å². The lowest BCUT2D eigenvalue weighted by Gasteiger charge is -2.24. The lowest BCUT2D eigenvalue weighted by atomic mass is 10.1. The number of nitrogens with one attached hydrogen (secondary N) is 1. The number of aromatic nitrogens is 1. The van der Waals surface area contributed by atoms with Gasteiger partial charge in [-0.1, -0.05) is 17.8 Å². The molecule has 5 nitrogen and oxygen atoms in total. The Morgan fingerprint density at radius 2 is 2.19 bits per heavy atom. The van der Waals surface area contributed by atoms with Gasteiger partial charge in [0.2, 0.25) is 5.44 Å². The number of hydrogen-bond donors (Lipinski definition) is 2. The largest absolute Gasteiger partial charge is 0.470 e. The molecule has 0 saturated carbocycles. The first-order valence-electron chi connectivity index (χ1n) is 8.33. The van der Waals surface area contributed by atoms with Crippen LogP contribution < -0.4 is 10.1 Å². The highest BCUT2D eigenvalue weighted by Crippen LogP contribution is 2.23. The van der Waals surface area contributed by atoms with E-state index in [2.05, 4.69) is 34.0 Å². The van der Waals surface area contributed by atoms with Crippen molar-refractivity contribution in [2.24, 2.45) is 0 Å². The minimum atomic E-state index is -0.703. The van der Waals surface area contributed by atoms with Gasteiger partial charge in [-0.15, -0.1) is 17.7 Å². The summed E-state index contributed by atoms with van der Waals surface area (Å²) in [5.41, 5.74) is 0.163. The molecule has 1 unspecified atom stereocenters. The van der Waals surface area contributed by atoms with Crippen molar-refractivity contribution in [1.29, 1.82) is 0 Å². The summed E-state index contributed by atoms with van der Waals surface area (Å²) in [4.78, 5) is 16.9. The normalized spacial score (nSPS) is 11.6. The molecule has 0 bridgehead atoms. The molecule has 1 aromatic carbocycles. The molecule has 2 aromatic rings. The van der Waals surface area contributed by atoms with E-state index in [9.17, 15) is 4.79 Å². The van der Waals surface area contributed by atoms with E-state index in [0.717, 1.165) is 10.9 Å². The maximum Gasteiger partial charge on any atom is 0.272 e. The van der Waals surface area contributed by atoms with Crippen molar-refractivity contribution in [3.63, 3.8) is 0 Å². The van der Waals surface area contributed by atoms with Crippen LogP contribution in [0.2, 0.25) is 0 Å². The van der Waals surface area contributed by atoms with Crippen molar-refractivity contribution in [2.75, 3.05) is 12.9 Å². The highest BCUT2D eigenvalue weighted by atomic mass is 32.2. The molecule has 0 aliphatic carbocycles. The van der Waals surface area contributed by atoms with Gasteiger partial charge in [-0.25, -0.2) is 0 Å². The monoisotopic (exact) mass is 382 g/mol. The van der Waals surface area contributed by atoms with E-state index in [-0.39, 0.29) is 12.5 Å². The number of pyridine rings is 1. The first-order valence-corrected chi connectivity index (χ1v) is 9.62. The van der Waals surface area contributed by atoms with Crippen molar-refractivity contribution < 1.29 is 14.6 Å². The van der Waals surface area contributed by atoms with Crippen molar-refractivity contribution in [3.05, 3.63) is 36.0 Å². The predicted octanol–water partition coefficient (Wildman–Crippen LogP) is 2.56. The summed E-state index contributed by atoms with van der Waals surface area (Å²) in [5, 5.41) is 12.5. The van der Waals surface area contributed by atoms with Crippen LogP contribution >= 0.6 is 11.8 Å². The zero-order valence-electron chi connectivity index (χ0n) is 15.8. The molecule has 0 radical (unpaired) electrons. The van der Waals surface area contributed by atoms with Gasteiger partial charge in [0.05, 0.1) is 11.1 Å². The Morgan fingerprint density at radius 1 is 1.41 bits per heavy atom. The van der Waals surface area contributed by atoms with Crippen molar-refractivity contribution in [3.8, 4) is 29.4 Å². The van der Waals surface area contributed by atoms with Gasteiger partial charge in [-0.2, -0.15) is 0 Å². The fourth-order valence-corrected chi connectivity index (χ4v) is 2.92. The van der Waals surface area contributed by atoms with E-state index in [1.807, 2.05) is 38.3 Å². The molecule has 6 heteroatoms. The zero-order valence-corrected chi connectivity index (χ0v) is 16.6. The van der Waals surface area contributed by atoms with E-state index in [0.29, 0.717) is 11.3 Å². The number of nitrogens with zero attached hydrogens (tertiary/aromatic N) is 1. The van der Waals surface area contributed by atoms with Gasteiger partial charge >= 0.3 is 0 Å². The second kappa shape index (κ2) is 9.32. The maximum atomic E-state index is 12.5. The number of hydrogen-bond acceptors (Lipinski definition) is 5. The van der Waals surface area contributed by atoms with Crippen LogP contribution in [-0.4, -0.2) is 39.8 Å². The lowest BCUT2D eigenvalue weighted by Crippen LogP contribution is -2.47. The Kier molecular flexibility index (Phi) is 7.12. The van der Waals surface area contributed by atoms with Crippen LogP contribution in [0.3, 0.4) is 0 Å². The number of benzene rings is 1. The van der Waals surface area contributed by atoms with Crippen molar-refractivity contribution in [1.82, 2.24) is 10.3 Å². The molecule has 2 N–H and O–H groups in total. The number of rotatable bonds is 5. The minimum Gasteiger partial charge on any atom is -0.470 e. The standard InChI is InChI=1S/C21H22N2O3S/c1-5-10-21(2,3)23-19(25)20(27-4)26-17-8-9-18-16(13-17)12-15(14-22-18)7-6-11-24/h8-9,12-14,20,24H,11H2,1-4H3,(H,23,25). The number of fused-ring (bicyclic) bond motifs is 1. The van der Waals surface area contributed by atoms with E-state index >= 15 is 0 Å². The number of amides is 1. The Labute approximate surface area is 163 Å². The molecular weight excluding hydrogens is 360 g/mol. The molecule has 2 rings (SSSR count). The Bertz CT molecular complexity index is 949. The summed E-state index contributed by atoms with van der Waals surface area (Å²) in [6, 6.07) is 7.30. The number of carbonyl (C=O) groups excluding carboxylic acids is 1. The first kappa shape index (κ1) is 20.6. The topological polar surface area (TPSA) is 71.5 Å². The van der Waals surface area contributed by atoms with E-state index in [1.54, 1.807) is 19.2 Å². The summed E-state index contributed by atoms with van der Waals surface area (Å²) in [6.07, 6.45) is 3.47. The predicted molar refractivity (Wildman–Crippen MR) is 109 cm³/mol. The summed E-state index contributed by atoms with van der Waals surface area (Å²) in [7, 11) is 0. The molecule has 1 heterocycles. The van der Waals surface area contributed by atoms with Gasteiger partial charge < -0.3 is 15.2 Å². The van der Waals surface area contributed by atoms with Crippen LogP contribution in [0.5, 0.6) is 5.75 Å². The highest BCUT2D eigenvalue weighted by molar-refractivity contribution is 7.99. The van der Waals surface area contributed by atoms with Crippen LogP contribution in [0, 0.1) is 23.7 Å². The van der Waals surface area contributed by atoms with Crippen LogP contribution in [0.15, 0.2) is 30.5 Å². The summed E-state index contributed by atoms with van der Waals surface area (Å²) in [5.74, 6) is 11.5. The molecule has 1 aromatic heterocycles. The second-order valence-electron chi connectivity index (χ2n) is 6.21. The van der Waals surface area contributed by atoms with E-state index in [4.69, 9.17) is 9.84 Å². The third-order valence-corrected chi connectivity index (χ3v) is 4.25. The molecule has 27 heavy (non-hydrogen) atoms. The van der Waals surface area contributed by atoms with E-state index in [1.165, 1.54) is 11.8 Å². The number of thioether (sulfide) groups is 1. The minimum absolute atomic E-state index is 0.204. The summed E-state index contributed by atoms with van der Waals surface area (Å²) < 4.78 is 5.88. The maximum absolute atomic E-state index is 12.5. The lowest BCUT2D eigenvalue weighted by molar-refractivity contribution is -0.125. The number of aliphatic hydroxyl groups excluding tert-OH is 1. The smallest absolute Gasteiger partial charge is 0.272 e. The number of ether oxygens (including phenoxy) is 1. The quantitative estimate of drug-likeness (QED) is 0.614. The summed E-state index contributed by atoms with van der Waals surface area (Å²) >= 11 is 1.30. The van der Waals surface area contributed by atoms with Crippen LogP contribution in [0.25, 0.3) is 10.9 Å². The SMILES string of the molecule is CC#CC(C)(C)NC(=O)C(Oc1ccc2ncc(C#CCO)cc2c1)SC. The number of carbonyl (C=O) groups is 1. The Hall–Kier alpha value is -2.67. The van der Waals surface area contributed by atoms with Gasteiger partial charge in [0.15, 0.2) is 0 Å². The third-order valence-electron chi connectivity index (χ3n) is 3.51. The molecule has 1 amide bonds. The van der Waals surface area contributed by atoms with Gasteiger partial charge in [-0.3, -0.25) is 9.78 Å². The average molecular weight is 382 g/mol. The fraction of sp³-hybridized carbons (Fsp3) is 0.333. The average Bonchev–Trinajstić information content (AvgIpc) is 2.63. The summed E-state index contributed by atoms with van der Waals surface area (Å²) in [6.45, 7) is 5.22. The van der Waals surface area contributed by atoms with Gasteiger partial charge in [0.25, 0.3) is 5.91 Å². The second-order valence-corrected chi connectivity index (χ2v) is 7.11. The molecule has 1 atom stereocenters. The molecule has 0 aliphatic heterocycles. The van der Waals surface area contributed by atoms with Gasteiger partial charge in [0.1, 0.15) is 12.4 Å². The first-order chi connectivity index (χ1) is 12.9. The van der Waals surface area contributed by atoms with E-state index < -0.39 is 11.0 Å². The van der Waals surface area contributed by atoms with Gasteiger partial charge in [-0.05, 0) is 51.3 Å². The molecule has 0 fully saturated rings. The Morgan fingerprint density at radius 3 is 2.85 bits per heavy atom. The Balaban J connectivity index is 2.21. The third kappa shape index (κ3) is 5.92. The van der Waals surface area contributed by atoms with Crippen molar-refractivity contribution in [2.45, 2.75) is 31.7 Å².